The molecule has 0 aromatic rings. The van der Waals surface area contributed by atoms with Crippen molar-refractivity contribution in [3.63, 3.8) is 0 Å². The predicted octanol–water partition coefficient (Wildman–Crippen LogP) is 0.0359. The highest BCUT2D eigenvalue weighted by atomic mass is 16.5. The van der Waals surface area contributed by atoms with Crippen LogP contribution in [0.2, 0.25) is 0 Å². The van der Waals surface area contributed by atoms with E-state index < -0.39 is 0 Å². The molecule has 0 radical (unpaired) electrons. The normalized spacial score (nSPS) is 30.8. The van der Waals surface area contributed by atoms with Gasteiger partial charge in [-0.2, -0.15) is 0 Å². The summed E-state index contributed by atoms with van der Waals surface area (Å²) in [5, 5.41) is 2.61. The van der Waals surface area contributed by atoms with Crippen LogP contribution < -0.4 is 5.32 Å². The van der Waals surface area contributed by atoms with Crippen LogP contribution in [-0.4, -0.2) is 67.7 Å². The predicted molar refractivity (Wildman–Crippen MR) is 66.2 cm³/mol. The Labute approximate surface area is 107 Å². The number of urea groups is 1. The molecular formula is C12H21N3O3. The quantitative estimate of drug-likeness (QED) is 0.719. The number of rotatable bonds is 1. The lowest BCUT2D eigenvalue weighted by Gasteiger charge is -2.36. The van der Waals surface area contributed by atoms with Gasteiger partial charge in [-0.3, -0.25) is 4.79 Å². The van der Waals surface area contributed by atoms with E-state index in [1.807, 2.05) is 4.90 Å². The first-order valence-corrected chi connectivity index (χ1v) is 6.39. The van der Waals surface area contributed by atoms with E-state index in [0.29, 0.717) is 13.0 Å². The summed E-state index contributed by atoms with van der Waals surface area (Å²) in [4.78, 5) is 27.0. The fourth-order valence-corrected chi connectivity index (χ4v) is 2.78. The van der Waals surface area contributed by atoms with Gasteiger partial charge in [-0.25, -0.2) is 4.79 Å². The van der Waals surface area contributed by atoms with E-state index in [1.165, 1.54) is 0 Å². The Morgan fingerprint density at radius 1 is 1.28 bits per heavy atom. The number of carbonyl (C=O) groups is 2. The number of nitrogens with one attached hydrogen (secondary N) is 1. The number of nitrogens with zero attached hydrogens (tertiary/aromatic N) is 2. The molecule has 2 rings (SSSR count). The molecule has 6 heteroatoms. The molecule has 0 spiro atoms. The highest BCUT2D eigenvalue weighted by Crippen LogP contribution is 2.31. The second-order valence-electron chi connectivity index (χ2n) is 5.08. The fraction of sp³-hybridized carbons (Fsp3) is 0.833. The number of hydrogen-bond acceptors (Lipinski definition) is 3. The van der Waals surface area contributed by atoms with Crippen LogP contribution in [0.25, 0.3) is 0 Å². The summed E-state index contributed by atoms with van der Waals surface area (Å²) in [5.74, 6) is -0.0640. The van der Waals surface area contributed by atoms with Crippen molar-refractivity contribution in [2.75, 3.05) is 27.7 Å². The second kappa shape index (κ2) is 5.14. The van der Waals surface area contributed by atoms with Crippen molar-refractivity contribution in [2.45, 2.75) is 37.5 Å². The molecule has 0 bridgehead atoms. The maximum absolute atomic E-state index is 12.0. The van der Waals surface area contributed by atoms with Crippen LogP contribution in [0.15, 0.2) is 0 Å². The summed E-state index contributed by atoms with van der Waals surface area (Å²) in [6.07, 6.45) is 1.98. The van der Waals surface area contributed by atoms with Crippen molar-refractivity contribution in [3.8, 4) is 0 Å². The monoisotopic (exact) mass is 255 g/mol. The number of likely N-dealkylation sites (N-methyl/N-ethyl adjacent to an activating group) is 1. The second-order valence-corrected chi connectivity index (χ2v) is 5.08. The summed E-state index contributed by atoms with van der Waals surface area (Å²) in [6.45, 7) is 0.715. The summed E-state index contributed by atoms with van der Waals surface area (Å²) in [5.41, 5.74) is 0. The Morgan fingerprint density at radius 3 is 2.61 bits per heavy atom. The maximum Gasteiger partial charge on any atom is 0.319 e. The van der Waals surface area contributed by atoms with Crippen molar-refractivity contribution in [1.82, 2.24) is 15.1 Å². The maximum atomic E-state index is 12.0. The van der Waals surface area contributed by atoms with Crippen molar-refractivity contribution in [1.29, 1.82) is 0 Å². The zero-order valence-electron chi connectivity index (χ0n) is 11.2. The van der Waals surface area contributed by atoms with Gasteiger partial charge in [-0.05, 0) is 19.3 Å². The zero-order chi connectivity index (χ0) is 13.3. The standard InChI is InChI=1S/C12H21N3O3/c1-13-11(16)10-5-4-8-9(18-10)6-7-15(8)12(17)14(2)3/h8-10H,4-7H2,1-3H3,(H,13,16)/t8-,9-,10+/m0/s1. The van der Waals surface area contributed by atoms with Crippen LogP contribution in [0.4, 0.5) is 4.79 Å². The first-order valence-electron chi connectivity index (χ1n) is 6.39. The van der Waals surface area contributed by atoms with Gasteiger partial charge in [0, 0.05) is 27.7 Å². The third-order valence-corrected chi connectivity index (χ3v) is 3.71. The molecule has 2 aliphatic heterocycles. The average Bonchev–Trinajstić information content (AvgIpc) is 2.79. The van der Waals surface area contributed by atoms with Crippen molar-refractivity contribution in [3.05, 3.63) is 0 Å². The average molecular weight is 255 g/mol. The molecule has 1 N–H and O–H groups in total. The fourth-order valence-electron chi connectivity index (χ4n) is 2.78. The SMILES string of the molecule is CNC(=O)[C@H]1CC[C@H]2[C@H](CCN2C(=O)N(C)C)O1. The lowest BCUT2D eigenvalue weighted by molar-refractivity contribution is -0.142. The van der Waals surface area contributed by atoms with Gasteiger partial charge in [0.05, 0.1) is 12.1 Å². The van der Waals surface area contributed by atoms with E-state index in [2.05, 4.69) is 5.32 Å². The van der Waals surface area contributed by atoms with Gasteiger partial charge in [-0.1, -0.05) is 0 Å². The van der Waals surface area contributed by atoms with Gasteiger partial charge in [0.15, 0.2) is 0 Å². The van der Waals surface area contributed by atoms with Crippen molar-refractivity contribution < 1.29 is 14.3 Å². The topological polar surface area (TPSA) is 61.9 Å². The summed E-state index contributed by atoms with van der Waals surface area (Å²) in [7, 11) is 5.13. The number of hydrogen-bond donors (Lipinski definition) is 1. The highest BCUT2D eigenvalue weighted by molar-refractivity contribution is 5.80. The first-order chi connectivity index (χ1) is 8.54. The van der Waals surface area contributed by atoms with Crippen LogP contribution in [0.3, 0.4) is 0 Å². The molecule has 3 amide bonds. The largest absolute Gasteiger partial charge is 0.363 e. The zero-order valence-corrected chi connectivity index (χ0v) is 11.2. The van der Waals surface area contributed by atoms with Gasteiger partial charge >= 0.3 is 6.03 Å². The molecule has 6 nitrogen and oxygen atoms in total. The minimum absolute atomic E-state index is 0.00458. The van der Waals surface area contributed by atoms with E-state index in [-0.39, 0.29) is 30.2 Å². The Morgan fingerprint density at radius 2 is 2.00 bits per heavy atom. The van der Waals surface area contributed by atoms with E-state index in [9.17, 15) is 9.59 Å². The third-order valence-electron chi connectivity index (χ3n) is 3.71. The number of ether oxygens (including phenoxy) is 1. The smallest absolute Gasteiger partial charge is 0.319 e. The molecular weight excluding hydrogens is 234 g/mol. The van der Waals surface area contributed by atoms with Crippen molar-refractivity contribution in [2.24, 2.45) is 0 Å². The van der Waals surface area contributed by atoms with Gasteiger partial charge in [0.1, 0.15) is 6.10 Å². The molecule has 3 atom stereocenters. The van der Waals surface area contributed by atoms with Crippen LogP contribution >= 0.6 is 0 Å². The Balaban J connectivity index is 1.99. The van der Waals surface area contributed by atoms with Gasteiger partial charge < -0.3 is 19.9 Å². The molecule has 0 aromatic heterocycles. The lowest BCUT2D eigenvalue weighted by Crippen LogP contribution is -2.50. The molecule has 0 aromatic carbocycles. The third kappa shape index (κ3) is 2.29. The molecule has 102 valence electrons. The summed E-state index contributed by atoms with van der Waals surface area (Å²) >= 11 is 0. The number of amides is 3. The number of likely N-dealkylation sites (tertiary alicyclic amines) is 1. The Kier molecular flexibility index (Phi) is 3.75. The number of fused-ring (bicyclic) bond motifs is 1. The molecule has 2 fully saturated rings. The van der Waals surface area contributed by atoms with Gasteiger partial charge in [0.25, 0.3) is 0 Å². The van der Waals surface area contributed by atoms with Crippen LogP contribution in [-0.2, 0) is 9.53 Å². The Bertz CT molecular complexity index is 345. The van der Waals surface area contributed by atoms with Gasteiger partial charge in [0.2, 0.25) is 5.91 Å². The highest BCUT2D eigenvalue weighted by Gasteiger charge is 2.43. The minimum Gasteiger partial charge on any atom is -0.363 e. The van der Waals surface area contributed by atoms with Crippen LogP contribution in [0.5, 0.6) is 0 Å². The lowest BCUT2D eigenvalue weighted by atomic mass is 9.99. The molecule has 2 heterocycles. The van der Waals surface area contributed by atoms with Gasteiger partial charge in [-0.15, -0.1) is 0 Å². The summed E-state index contributed by atoms with van der Waals surface area (Å²) < 4.78 is 5.80. The van der Waals surface area contributed by atoms with Crippen LogP contribution in [0.1, 0.15) is 19.3 Å². The van der Waals surface area contributed by atoms with E-state index in [1.54, 1.807) is 26.0 Å². The van der Waals surface area contributed by atoms with Crippen LogP contribution in [0, 0.1) is 0 Å². The molecule has 0 aliphatic carbocycles. The molecule has 2 aliphatic rings. The van der Waals surface area contributed by atoms with Crippen molar-refractivity contribution >= 4 is 11.9 Å². The first kappa shape index (κ1) is 13.1. The minimum atomic E-state index is -0.356. The summed E-state index contributed by atoms with van der Waals surface area (Å²) in [6, 6.07) is 0.158. The van der Waals surface area contributed by atoms with E-state index in [0.717, 1.165) is 12.8 Å². The number of carbonyl (C=O) groups excluding carboxylic acids is 2. The Hall–Kier alpha value is -1.30. The molecule has 0 saturated carbocycles. The molecule has 18 heavy (non-hydrogen) atoms. The van der Waals surface area contributed by atoms with E-state index >= 15 is 0 Å². The molecule has 2 saturated heterocycles. The van der Waals surface area contributed by atoms with E-state index in [4.69, 9.17) is 4.74 Å². The molecule has 0 unspecified atom stereocenters.